The minimum absolute atomic E-state index is 0.198. The van der Waals surface area contributed by atoms with E-state index < -0.39 is 95.5 Å². The van der Waals surface area contributed by atoms with E-state index in [0.29, 0.717) is 18.9 Å². The van der Waals surface area contributed by atoms with E-state index in [1.807, 2.05) is 0 Å². The van der Waals surface area contributed by atoms with Crippen molar-refractivity contribution < 1.29 is 52.0 Å². The number of halogens is 3. The van der Waals surface area contributed by atoms with Crippen molar-refractivity contribution in [2.24, 2.45) is 11.8 Å². The Morgan fingerprint density at radius 2 is 1.76 bits per heavy atom. The Hall–Kier alpha value is -4.20. The van der Waals surface area contributed by atoms with Gasteiger partial charge in [0.05, 0.1) is 23.6 Å². The van der Waals surface area contributed by atoms with Crippen molar-refractivity contribution in [1.82, 2.24) is 15.6 Å². The lowest BCUT2D eigenvalue weighted by Gasteiger charge is -2.36. The van der Waals surface area contributed by atoms with Crippen molar-refractivity contribution in [3.05, 3.63) is 59.2 Å². The minimum Gasteiger partial charge on any atom is -0.507 e. The van der Waals surface area contributed by atoms with Crippen LogP contribution in [0.1, 0.15) is 49.0 Å². The summed E-state index contributed by atoms with van der Waals surface area (Å²) in [6.45, 7) is 2.55. The molecule has 4 N–H and O–H groups in total. The Balaban J connectivity index is 1.71. The van der Waals surface area contributed by atoms with Crippen molar-refractivity contribution in [1.29, 1.82) is 0 Å². The maximum Gasteiger partial charge on any atom is 0.348 e. The molecular weight excluding hydrogens is 563 g/mol. The Labute approximate surface area is 238 Å². The molecule has 11 nitrogen and oxygen atoms in total. The van der Waals surface area contributed by atoms with Gasteiger partial charge in [0.15, 0.2) is 5.82 Å². The van der Waals surface area contributed by atoms with Crippen LogP contribution in [0.15, 0.2) is 30.3 Å². The summed E-state index contributed by atoms with van der Waals surface area (Å²) in [7, 11) is 0. The maximum absolute atomic E-state index is 14.5. The number of pyridine rings is 1. The lowest BCUT2D eigenvalue weighted by molar-refractivity contribution is -0.183. The number of nitrogens with zero attached hydrogens (tertiary/aromatic N) is 1. The fourth-order valence-corrected chi connectivity index (χ4v) is 4.79. The third-order valence-corrected chi connectivity index (χ3v) is 7.57. The van der Waals surface area contributed by atoms with Crippen LogP contribution in [0.3, 0.4) is 0 Å². The summed E-state index contributed by atoms with van der Waals surface area (Å²) in [4.78, 5) is 55.5. The molecule has 0 radical (unpaired) electrons. The number of hydrogen-bond donors (Lipinski definition) is 4. The molecule has 42 heavy (non-hydrogen) atoms. The summed E-state index contributed by atoms with van der Waals surface area (Å²) in [5.74, 6) is -10.6. The average Bonchev–Trinajstić information content (AvgIpc) is 2.91. The molecule has 0 bridgehead atoms. The van der Waals surface area contributed by atoms with Gasteiger partial charge in [0.25, 0.3) is 11.9 Å². The van der Waals surface area contributed by atoms with Crippen molar-refractivity contribution in [2.75, 3.05) is 0 Å². The summed E-state index contributed by atoms with van der Waals surface area (Å²) in [6.07, 6.45) is -3.28. The van der Waals surface area contributed by atoms with Gasteiger partial charge in [0, 0.05) is 11.5 Å². The first-order chi connectivity index (χ1) is 19.9. The van der Waals surface area contributed by atoms with Crippen LogP contribution in [0.25, 0.3) is 0 Å². The summed E-state index contributed by atoms with van der Waals surface area (Å²) >= 11 is 0. The van der Waals surface area contributed by atoms with Crippen LogP contribution in [0.4, 0.5) is 13.2 Å². The number of carbonyl (C=O) groups is 4. The predicted molar refractivity (Wildman–Crippen MR) is 137 cm³/mol. The van der Waals surface area contributed by atoms with E-state index in [0.717, 1.165) is 6.42 Å². The first-order valence-corrected chi connectivity index (χ1v) is 13.4. The molecule has 14 heteroatoms. The number of rotatable bonds is 5. The molecule has 2 fully saturated rings. The number of phenols is 1. The molecule has 2 amide bonds. The molecule has 2 aromatic rings. The Kier molecular flexibility index (Phi) is 9.34. The van der Waals surface area contributed by atoms with Gasteiger partial charge in [-0.2, -0.15) is 13.8 Å². The Morgan fingerprint density at radius 1 is 1.07 bits per heavy atom. The number of cyclic esters (lactones) is 2. The normalized spacial score (nSPS) is 27.4. The summed E-state index contributed by atoms with van der Waals surface area (Å²) in [6, 6.07) is 2.83. The minimum atomic E-state index is -1.78. The quantitative estimate of drug-likeness (QED) is 0.298. The average molecular weight is 594 g/mol. The molecule has 4 rings (SSSR count). The van der Waals surface area contributed by atoms with Gasteiger partial charge in [-0.3, -0.25) is 14.4 Å². The fourth-order valence-electron chi connectivity index (χ4n) is 4.79. The number of hydrogen-bond acceptors (Lipinski definition) is 9. The first kappa shape index (κ1) is 30.8. The molecule has 2 heterocycles. The Bertz CT molecular complexity index is 1370. The van der Waals surface area contributed by atoms with E-state index in [4.69, 9.17) is 9.47 Å². The molecule has 226 valence electrons. The zero-order valence-corrected chi connectivity index (χ0v) is 22.7. The van der Waals surface area contributed by atoms with Crippen molar-refractivity contribution >= 4 is 23.8 Å². The largest absolute Gasteiger partial charge is 0.507 e. The van der Waals surface area contributed by atoms with E-state index in [2.05, 4.69) is 15.6 Å². The number of nitrogens with one attached hydrogen (secondary N) is 2. The summed E-state index contributed by atoms with van der Waals surface area (Å²) < 4.78 is 52.7. The molecule has 1 aromatic heterocycles. The molecule has 1 saturated heterocycles. The summed E-state index contributed by atoms with van der Waals surface area (Å²) in [5.41, 5.74) is -0.719. The van der Waals surface area contributed by atoms with Gasteiger partial charge in [-0.25, -0.2) is 9.18 Å². The van der Waals surface area contributed by atoms with Gasteiger partial charge < -0.3 is 30.3 Å². The van der Waals surface area contributed by atoms with E-state index in [9.17, 15) is 42.6 Å². The van der Waals surface area contributed by atoms with Gasteiger partial charge >= 0.3 is 11.9 Å². The van der Waals surface area contributed by atoms with E-state index in [1.54, 1.807) is 0 Å². The highest BCUT2D eigenvalue weighted by Crippen LogP contribution is 2.33. The van der Waals surface area contributed by atoms with Crippen LogP contribution in [0.5, 0.6) is 5.75 Å². The zero-order chi connectivity index (χ0) is 30.7. The third-order valence-electron chi connectivity index (χ3n) is 7.57. The number of phenolic OH excluding ortho intramolecular Hbond substituents is 1. The van der Waals surface area contributed by atoms with Gasteiger partial charge in [0.1, 0.15) is 17.9 Å². The number of para-hydroxylation sites is 1. The number of esters is 2. The molecule has 0 spiro atoms. The van der Waals surface area contributed by atoms with Gasteiger partial charge in [-0.1, -0.05) is 18.6 Å². The van der Waals surface area contributed by atoms with Gasteiger partial charge in [-0.05, 0) is 51.3 Å². The topological polar surface area (TPSA) is 164 Å². The van der Waals surface area contributed by atoms with Crippen molar-refractivity contribution in [2.45, 2.75) is 69.9 Å². The smallest absolute Gasteiger partial charge is 0.348 e. The number of aromatic hydroxyl groups is 1. The zero-order valence-electron chi connectivity index (χ0n) is 22.7. The van der Waals surface area contributed by atoms with Crippen LogP contribution >= 0.6 is 0 Å². The Morgan fingerprint density at radius 3 is 2.40 bits per heavy atom. The molecule has 1 saturated carbocycles. The standard InChI is InChI=1S/C28H30F3N3O8/c1-12-21(36)18(11-15-10-17(29)24(31)34-23(15)30)32-26(38)20(33-25(37)16-8-3-4-9-19(16)35)13(2)41-28(40)22(42-27(12)39)14-6-5-7-14/h3-4,8-10,12-14,18,20-22,35-36H,5-7,11H2,1-2H3,(H,32,38)(H,33,37)/t12-,13-,18+,20+,21+,22?/m1/s1. The molecular formula is C28H30F3N3O8. The number of aromatic nitrogens is 1. The van der Waals surface area contributed by atoms with Crippen LogP contribution < -0.4 is 10.6 Å². The SMILES string of the molecule is C[C@H]1OC(=O)C(C2CCC2)OC(=O)[C@H](C)[C@H](O)[C@H](Cc2cc(F)c(F)nc2F)NC(=O)[C@H]1NC(=O)c1ccccc1O. The van der Waals surface area contributed by atoms with E-state index in [-0.39, 0.29) is 11.5 Å². The molecule has 1 aromatic carbocycles. The molecule has 2 aliphatic rings. The van der Waals surface area contributed by atoms with Gasteiger partial charge in [-0.15, -0.1) is 0 Å². The molecule has 1 unspecified atom stereocenters. The third kappa shape index (κ3) is 6.64. The van der Waals surface area contributed by atoms with Crippen LogP contribution in [0, 0.1) is 29.5 Å². The lowest BCUT2D eigenvalue weighted by atomic mass is 9.81. The number of carbonyl (C=O) groups excluding carboxylic acids is 4. The molecule has 1 aliphatic heterocycles. The number of ether oxygens (including phenoxy) is 2. The van der Waals surface area contributed by atoms with Crippen LogP contribution in [0.2, 0.25) is 0 Å². The first-order valence-electron chi connectivity index (χ1n) is 13.4. The number of amides is 2. The molecule has 6 atom stereocenters. The number of aliphatic hydroxyl groups is 1. The summed E-state index contributed by atoms with van der Waals surface area (Å²) in [5, 5.41) is 26.0. The van der Waals surface area contributed by atoms with E-state index in [1.165, 1.54) is 38.1 Å². The number of aliphatic hydroxyl groups excluding tert-OH is 1. The maximum atomic E-state index is 14.5. The predicted octanol–water partition coefficient (Wildman–Crippen LogP) is 1.68. The number of benzene rings is 1. The monoisotopic (exact) mass is 593 g/mol. The lowest BCUT2D eigenvalue weighted by Crippen LogP contribution is -2.59. The fraction of sp³-hybridized carbons (Fsp3) is 0.464. The second-order valence-corrected chi connectivity index (χ2v) is 10.5. The van der Waals surface area contributed by atoms with Crippen molar-refractivity contribution in [3.8, 4) is 5.75 Å². The van der Waals surface area contributed by atoms with Crippen LogP contribution in [-0.4, -0.2) is 69.3 Å². The second kappa shape index (κ2) is 12.8. The van der Waals surface area contributed by atoms with Crippen LogP contribution in [-0.2, 0) is 30.3 Å². The highest BCUT2D eigenvalue weighted by molar-refractivity contribution is 6.00. The van der Waals surface area contributed by atoms with Crippen molar-refractivity contribution in [3.63, 3.8) is 0 Å². The van der Waals surface area contributed by atoms with E-state index >= 15 is 0 Å². The molecule has 1 aliphatic carbocycles. The highest BCUT2D eigenvalue weighted by Gasteiger charge is 2.43. The second-order valence-electron chi connectivity index (χ2n) is 10.5. The highest BCUT2D eigenvalue weighted by atomic mass is 19.2. The van der Waals surface area contributed by atoms with Gasteiger partial charge in [0.2, 0.25) is 18.0 Å².